The van der Waals surface area contributed by atoms with Crippen molar-refractivity contribution in [3.63, 3.8) is 0 Å². The highest BCUT2D eigenvalue weighted by molar-refractivity contribution is 7.97. The fraction of sp³-hybridized carbons (Fsp3) is 1.00. The third-order valence-corrected chi connectivity index (χ3v) is 4.23. The van der Waals surface area contributed by atoms with Gasteiger partial charge < -0.3 is 15.3 Å². The van der Waals surface area contributed by atoms with Crippen LogP contribution in [0, 0.1) is 0 Å². The van der Waals surface area contributed by atoms with E-state index in [-0.39, 0.29) is 22.8 Å². The molecule has 1 rings (SSSR count). The molecule has 1 fully saturated rings. The molecule has 0 amide bonds. The van der Waals surface area contributed by atoms with Crippen molar-refractivity contribution >= 4 is 10.9 Å². The van der Waals surface area contributed by atoms with Crippen LogP contribution >= 0.6 is 0 Å². The first kappa shape index (κ1) is 8.33. The number of rotatable bonds is 1. The average Bonchev–Trinajstić information content (AvgIpc) is 2.09. The maximum absolute atomic E-state index is 9.22. The monoisotopic (exact) mass is 165 g/mol. The Hall–Kier alpha value is 0.230. The van der Waals surface area contributed by atoms with Crippen LogP contribution in [0.15, 0.2) is 0 Å². The van der Waals surface area contributed by atoms with E-state index in [1.54, 1.807) is 0 Å². The molecule has 4 atom stereocenters. The smallest absolute Gasteiger partial charge is 0.169 e. The molecular weight excluding hydrogens is 152 g/mol. The summed E-state index contributed by atoms with van der Waals surface area (Å²) in [7, 11) is -0.0208. The first-order valence-corrected chi connectivity index (χ1v) is 5.11. The molecular formula is C6H13O3S+. The SMILES string of the molecule is C[S+]1C[C@H](O)[C@@H](O)[C@@H]1CO. The van der Waals surface area contributed by atoms with E-state index in [0.29, 0.717) is 5.75 Å². The van der Waals surface area contributed by atoms with Gasteiger partial charge in [0.2, 0.25) is 0 Å². The molecule has 1 saturated heterocycles. The lowest BCUT2D eigenvalue weighted by atomic mass is 10.2. The van der Waals surface area contributed by atoms with Crippen molar-refractivity contribution in [2.45, 2.75) is 17.5 Å². The fourth-order valence-corrected chi connectivity index (χ4v) is 3.11. The normalized spacial score (nSPS) is 48.0. The van der Waals surface area contributed by atoms with Crippen molar-refractivity contribution < 1.29 is 15.3 Å². The Morgan fingerprint density at radius 1 is 1.50 bits per heavy atom. The van der Waals surface area contributed by atoms with Gasteiger partial charge in [-0.25, -0.2) is 0 Å². The summed E-state index contributed by atoms with van der Waals surface area (Å²) in [5.41, 5.74) is 0. The Bertz CT molecular complexity index is 120. The van der Waals surface area contributed by atoms with Crippen molar-refractivity contribution in [3.8, 4) is 0 Å². The molecule has 0 saturated carbocycles. The van der Waals surface area contributed by atoms with Crippen LogP contribution in [-0.2, 0) is 10.9 Å². The van der Waals surface area contributed by atoms with Gasteiger partial charge >= 0.3 is 0 Å². The van der Waals surface area contributed by atoms with Crippen molar-refractivity contribution in [3.05, 3.63) is 0 Å². The quantitative estimate of drug-likeness (QED) is 0.407. The lowest BCUT2D eigenvalue weighted by molar-refractivity contribution is 0.0325. The van der Waals surface area contributed by atoms with Gasteiger partial charge in [-0.2, -0.15) is 0 Å². The molecule has 1 heterocycles. The minimum absolute atomic E-state index is 0.0160. The Kier molecular flexibility index (Phi) is 2.57. The summed E-state index contributed by atoms with van der Waals surface area (Å²) in [5, 5.41) is 27.0. The number of hydrogen-bond donors (Lipinski definition) is 3. The van der Waals surface area contributed by atoms with E-state index in [4.69, 9.17) is 10.2 Å². The van der Waals surface area contributed by atoms with E-state index < -0.39 is 12.2 Å². The Labute approximate surface area is 63.0 Å². The highest BCUT2D eigenvalue weighted by Gasteiger charge is 2.46. The first-order valence-electron chi connectivity index (χ1n) is 3.25. The summed E-state index contributed by atoms with van der Waals surface area (Å²) in [6.45, 7) is -0.0160. The maximum Gasteiger partial charge on any atom is 0.169 e. The molecule has 1 unspecified atom stereocenters. The summed E-state index contributed by atoms with van der Waals surface area (Å²) in [4.78, 5) is 0. The van der Waals surface area contributed by atoms with E-state index in [2.05, 4.69) is 0 Å². The van der Waals surface area contributed by atoms with E-state index in [0.717, 1.165) is 0 Å². The van der Waals surface area contributed by atoms with Crippen molar-refractivity contribution in [2.75, 3.05) is 18.6 Å². The lowest BCUT2D eigenvalue weighted by Gasteiger charge is -2.08. The van der Waals surface area contributed by atoms with E-state index in [1.807, 2.05) is 6.26 Å². The molecule has 0 spiro atoms. The molecule has 1 aliphatic heterocycles. The summed E-state index contributed by atoms with van der Waals surface area (Å²) in [5.74, 6) is 0.631. The molecule has 60 valence electrons. The minimum atomic E-state index is -0.710. The maximum atomic E-state index is 9.22. The van der Waals surface area contributed by atoms with Gasteiger partial charge in [0.05, 0.1) is 12.9 Å². The number of aliphatic hydroxyl groups is 3. The van der Waals surface area contributed by atoms with Gasteiger partial charge in [0.1, 0.15) is 18.0 Å². The first-order chi connectivity index (χ1) is 4.66. The molecule has 1 aliphatic rings. The average molecular weight is 165 g/mol. The third-order valence-electron chi connectivity index (χ3n) is 1.91. The molecule has 3 N–H and O–H groups in total. The lowest BCUT2D eigenvalue weighted by Crippen LogP contribution is -2.33. The van der Waals surface area contributed by atoms with Crippen LogP contribution in [-0.4, -0.2) is 51.4 Å². The zero-order valence-electron chi connectivity index (χ0n) is 5.90. The largest absolute Gasteiger partial charge is 0.391 e. The highest BCUT2D eigenvalue weighted by atomic mass is 32.2. The molecule has 0 bridgehead atoms. The standard InChI is InChI=1S/C6H13O3S/c1-10-3-4(8)6(9)5(10)2-7/h4-9H,2-3H2,1H3/q+1/t4-,5-,6+,10?/m0/s1. The van der Waals surface area contributed by atoms with Gasteiger partial charge in [0.25, 0.3) is 0 Å². The van der Waals surface area contributed by atoms with Crippen LogP contribution in [0.4, 0.5) is 0 Å². The van der Waals surface area contributed by atoms with Gasteiger partial charge in [0, 0.05) is 0 Å². The topological polar surface area (TPSA) is 60.7 Å². The van der Waals surface area contributed by atoms with Crippen LogP contribution < -0.4 is 0 Å². The molecule has 0 aromatic carbocycles. The molecule has 0 aromatic rings. The van der Waals surface area contributed by atoms with Gasteiger partial charge in [0.15, 0.2) is 5.25 Å². The fourth-order valence-electron chi connectivity index (χ4n) is 1.21. The van der Waals surface area contributed by atoms with E-state index in [1.165, 1.54) is 0 Å². The number of aliphatic hydroxyl groups excluding tert-OH is 3. The predicted molar refractivity (Wildman–Crippen MR) is 41.0 cm³/mol. The van der Waals surface area contributed by atoms with Gasteiger partial charge in [-0.1, -0.05) is 0 Å². The minimum Gasteiger partial charge on any atom is -0.391 e. The summed E-state index contributed by atoms with van der Waals surface area (Å²) in [6.07, 6.45) is 0.629. The second-order valence-corrected chi connectivity index (χ2v) is 4.96. The molecule has 3 nitrogen and oxygen atoms in total. The predicted octanol–water partition coefficient (Wildman–Crippen LogP) is -1.67. The molecule has 10 heavy (non-hydrogen) atoms. The van der Waals surface area contributed by atoms with Gasteiger partial charge in [-0.05, 0) is 10.9 Å². The van der Waals surface area contributed by atoms with Crippen molar-refractivity contribution in [1.29, 1.82) is 0 Å². The molecule has 0 aliphatic carbocycles. The zero-order chi connectivity index (χ0) is 7.72. The zero-order valence-corrected chi connectivity index (χ0v) is 6.71. The van der Waals surface area contributed by atoms with Crippen LogP contribution in [0.25, 0.3) is 0 Å². The summed E-state index contributed by atoms with van der Waals surface area (Å²) in [6, 6.07) is 0. The second kappa shape index (κ2) is 3.09. The third kappa shape index (κ3) is 1.29. The van der Waals surface area contributed by atoms with Crippen molar-refractivity contribution in [1.82, 2.24) is 0 Å². The highest BCUT2D eigenvalue weighted by Crippen LogP contribution is 2.20. The van der Waals surface area contributed by atoms with Gasteiger partial charge in [-0.3, -0.25) is 0 Å². The molecule has 0 aromatic heterocycles. The van der Waals surface area contributed by atoms with Crippen LogP contribution in [0.3, 0.4) is 0 Å². The summed E-state index contributed by atoms with van der Waals surface area (Å²) >= 11 is 0. The van der Waals surface area contributed by atoms with Crippen molar-refractivity contribution in [2.24, 2.45) is 0 Å². The van der Waals surface area contributed by atoms with Gasteiger partial charge in [-0.15, -0.1) is 0 Å². The molecule has 4 heteroatoms. The second-order valence-electron chi connectivity index (χ2n) is 2.64. The van der Waals surface area contributed by atoms with Crippen LogP contribution in [0.5, 0.6) is 0 Å². The van der Waals surface area contributed by atoms with Crippen LogP contribution in [0.2, 0.25) is 0 Å². The summed E-state index contributed by atoms with van der Waals surface area (Å²) < 4.78 is 0. The molecule has 0 radical (unpaired) electrons. The Morgan fingerprint density at radius 2 is 2.10 bits per heavy atom. The van der Waals surface area contributed by atoms with E-state index in [9.17, 15) is 5.11 Å². The Balaban J connectivity index is 2.55. The Morgan fingerprint density at radius 3 is 2.30 bits per heavy atom. The number of hydrogen-bond acceptors (Lipinski definition) is 3. The van der Waals surface area contributed by atoms with Crippen LogP contribution in [0.1, 0.15) is 0 Å². The van der Waals surface area contributed by atoms with E-state index >= 15 is 0 Å².